The van der Waals surface area contributed by atoms with Crippen molar-refractivity contribution in [3.05, 3.63) is 42.5 Å². The number of anilines is 1. The minimum Gasteiger partial charge on any atom is -0.486 e. The van der Waals surface area contributed by atoms with Gasteiger partial charge >= 0.3 is 0 Å². The number of aromatic nitrogens is 1. The molecule has 0 unspecified atom stereocenters. The monoisotopic (exact) mass is 342 g/mol. The molecule has 1 aliphatic heterocycles. The van der Waals surface area contributed by atoms with E-state index in [0.717, 1.165) is 10.2 Å². The van der Waals surface area contributed by atoms with Crippen LogP contribution in [0.3, 0.4) is 0 Å². The van der Waals surface area contributed by atoms with E-state index in [1.165, 1.54) is 11.3 Å². The second-order valence-corrected chi connectivity index (χ2v) is 6.13. The molecule has 0 aliphatic carbocycles. The van der Waals surface area contributed by atoms with Crippen LogP contribution < -0.4 is 19.5 Å². The average molecular weight is 342 g/mol. The summed E-state index contributed by atoms with van der Waals surface area (Å²) in [5.41, 5.74) is 0.862. The molecule has 0 saturated carbocycles. The number of ether oxygens (including phenoxy) is 3. The predicted octanol–water partition coefficient (Wildman–Crippen LogP) is 3.09. The molecule has 4 rings (SSSR count). The maximum Gasteiger partial charge on any atom is 0.264 e. The predicted molar refractivity (Wildman–Crippen MR) is 91.2 cm³/mol. The van der Waals surface area contributed by atoms with Gasteiger partial charge in [-0.05, 0) is 24.3 Å². The van der Waals surface area contributed by atoms with Gasteiger partial charge in [0, 0.05) is 0 Å². The first-order chi connectivity index (χ1) is 11.8. The lowest BCUT2D eigenvalue weighted by Gasteiger charge is -2.20. The van der Waals surface area contributed by atoms with Crippen molar-refractivity contribution in [3.8, 4) is 17.2 Å². The summed E-state index contributed by atoms with van der Waals surface area (Å²) in [6.45, 7) is 0.843. The van der Waals surface area contributed by atoms with Crippen LogP contribution in [-0.4, -0.2) is 30.7 Å². The fourth-order valence-corrected chi connectivity index (χ4v) is 3.27. The van der Waals surface area contributed by atoms with Crippen molar-refractivity contribution in [2.24, 2.45) is 0 Å². The average Bonchev–Trinajstić information content (AvgIpc) is 3.02. The van der Waals surface area contributed by atoms with Crippen LogP contribution in [0.25, 0.3) is 10.2 Å². The van der Waals surface area contributed by atoms with Gasteiger partial charge in [-0.25, -0.2) is 4.98 Å². The summed E-state index contributed by atoms with van der Waals surface area (Å²) in [6, 6.07) is 13.1. The minimum absolute atomic E-state index is 0.129. The van der Waals surface area contributed by atoms with Gasteiger partial charge in [0.15, 0.2) is 23.2 Å². The zero-order valence-electron chi connectivity index (χ0n) is 12.7. The molecule has 24 heavy (non-hydrogen) atoms. The number of hydrogen-bond acceptors (Lipinski definition) is 6. The molecular weight excluding hydrogens is 328 g/mol. The highest BCUT2D eigenvalue weighted by Gasteiger charge is 2.17. The van der Waals surface area contributed by atoms with Crippen LogP contribution >= 0.6 is 11.3 Å². The molecule has 122 valence electrons. The van der Waals surface area contributed by atoms with Crippen LogP contribution in [0.2, 0.25) is 0 Å². The van der Waals surface area contributed by atoms with E-state index in [0.29, 0.717) is 35.6 Å². The lowest BCUT2D eigenvalue weighted by atomic mass is 10.3. The summed E-state index contributed by atoms with van der Waals surface area (Å²) in [6.07, 6.45) is 0. The SMILES string of the molecule is O=C(COc1cccc2c1OCCO2)Nc1nc2ccccc2s1. The van der Waals surface area contributed by atoms with E-state index in [9.17, 15) is 4.79 Å². The van der Waals surface area contributed by atoms with Crippen LogP contribution in [0.15, 0.2) is 42.5 Å². The minimum atomic E-state index is -0.275. The zero-order valence-corrected chi connectivity index (χ0v) is 13.5. The maximum absolute atomic E-state index is 12.1. The van der Waals surface area contributed by atoms with Gasteiger partial charge in [0.2, 0.25) is 5.75 Å². The van der Waals surface area contributed by atoms with Gasteiger partial charge in [-0.15, -0.1) is 0 Å². The number of rotatable bonds is 4. The second-order valence-electron chi connectivity index (χ2n) is 5.10. The second kappa shape index (κ2) is 6.37. The number of benzene rings is 2. The van der Waals surface area contributed by atoms with E-state index in [1.54, 1.807) is 12.1 Å². The Labute approximate surface area is 142 Å². The van der Waals surface area contributed by atoms with E-state index in [4.69, 9.17) is 14.2 Å². The van der Waals surface area contributed by atoms with Crippen molar-refractivity contribution < 1.29 is 19.0 Å². The Morgan fingerprint density at radius 3 is 2.96 bits per heavy atom. The highest BCUT2D eigenvalue weighted by molar-refractivity contribution is 7.22. The highest BCUT2D eigenvalue weighted by atomic mass is 32.1. The lowest BCUT2D eigenvalue weighted by Crippen LogP contribution is -2.21. The van der Waals surface area contributed by atoms with E-state index in [2.05, 4.69) is 10.3 Å². The van der Waals surface area contributed by atoms with E-state index in [1.807, 2.05) is 30.3 Å². The van der Waals surface area contributed by atoms with Crippen LogP contribution in [0.5, 0.6) is 17.2 Å². The number of para-hydroxylation sites is 2. The fourth-order valence-electron chi connectivity index (χ4n) is 2.38. The summed E-state index contributed by atoms with van der Waals surface area (Å²) >= 11 is 1.43. The molecule has 1 aromatic heterocycles. The quantitative estimate of drug-likeness (QED) is 0.789. The third kappa shape index (κ3) is 2.98. The summed E-state index contributed by atoms with van der Waals surface area (Å²) in [5.74, 6) is 1.39. The third-order valence-corrected chi connectivity index (χ3v) is 4.38. The molecule has 0 spiro atoms. The third-order valence-electron chi connectivity index (χ3n) is 3.43. The van der Waals surface area contributed by atoms with Gasteiger partial charge in [0.1, 0.15) is 13.2 Å². The zero-order chi connectivity index (χ0) is 16.4. The molecule has 0 fully saturated rings. The molecule has 0 saturated heterocycles. The van der Waals surface area contributed by atoms with Crippen molar-refractivity contribution in [3.63, 3.8) is 0 Å². The van der Waals surface area contributed by atoms with Crippen molar-refractivity contribution in [1.29, 1.82) is 0 Å². The largest absolute Gasteiger partial charge is 0.486 e. The molecule has 1 aliphatic rings. The summed E-state index contributed by atoms with van der Waals surface area (Å²) in [5, 5.41) is 3.31. The number of thiazole rings is 1. The first-order valence-electron chi connectivity index (χ1n) is 7.46. The van der Waals surface area contributed by atoms with E-state index >= 15 is 0 Å². The van der Waals surface area contributed by atoms with Crippen LogP contribution in [0.4, 0.5) is 5.13 Å². The molecule has 7 heteroatoms. The van der Waals surface area contributed by atoms with Gasteiger partial charge < -0.3 is 14.2 Å². The number of carbonyl (C=O) groups is 1. The molecule has 3 aromatic rings. The molecule has 0 radical (unpaired) electrons. The summed E-state index contributed by atoms with van der Waals surface area (Å²) < 4.78 is 17.6. The highest BCUT2D eigenvalue weighted by Crippen LogP contribution is 2.38. The Kier molecular flexibility index (Phi) is 3.92. The van der Waals surface area contributed by atoms with Gasteiger partial charge in [0.25, 0.3) is 5.91 Å². The topological polar surface area (TPSA) is 69.7 Å². The lowest BCUT2D eigenvalue weighted by molar-refractivity contribution is -0.118. The number of amides is 1. The number of nitrogens with one attached hydrogen (secondary N) is 1. The first kappa shape index (κ1) is 14.8. The van der Waals surface area contributed by atoms with Crippen molar-refractivity contribution in [2.75, 3.05) is 25.1 Å². The Balaban J connectivity index is 1.42. The van der Waals surface area contributed by atoms with Crippen LogP contribution in [0, 0.1) is 0 Å². The molecule has 1 amide bonds. The Hall–Kier alpha value is -2.80. The molecular formula is C17H14N2O4S. The molecule has 0 bridgehead atoms. The standard InChI is InChI=1S/C17H14N2O4S/c20-15(19-17-18-11-4-1-2-7-14(11)24-17)10-23-13-6-3-5-12-16(13)22-9-8-21-12/h1-7H,8-10H2,(H,18,19,20). The molecule has 6 nitrogen and oxygen atoms in total. The smallest absolute Gasteiger partial charge is 0.264 e. The summed E-state index contributed by atoms with van der Waals surface area (Å²) in [7, 11) is 0. The van der Waals surface area contributed by atoms with Crippen molar-refractivity contribution in [1.82, 2.24) is 4.98 Å². The van der Waals surface area contributed by atoms with Gasteiger partial charge in [-0.2, -0.15) is 0 Å². The van der Waals surface area contributed by atoms with Gasteiger partial charge in [-0.1, -0.05) is 29.5 Å². The van der Waals surface area contributed by atoms with Gasteiger partial charge in [-0.3, -0.25) is 10.1 Å². The Morgan fingerprint density at radius 1 is 1.17 bits per heavy atom. The van der Waals surface area contributed by atoms with Crippen molar-refractivity contribution in [2.45, 2.75) is 0 Å². The maximum atomic E-state index is 12.1. The number of nitrogens with zero attached hydrogens (tertiary/aromatic N) is 1. The number of fused-ring (bicyclic) bond motifs is 2. The van der Waals surface area contributed by atoms with E-state index < -0.39 is 0 Å². The Bertz CT molecular complexity index is 860. The molecule has 1 N–H and O–H groups in total. The van der Waals surface area contributed by atoms with E-state index in [-0.39, 0.29) is 12.5 Å². The first-order valence-corrected chi connectivity index (χ1v) is 8.28. The van der Waals surface area contributed by atoms with Gasteiger partial charge in [0.05, 0.1) is 10.2 Å². The molecule has 2 heterocycles. The van der Waals surface area contributed by atoms with Crippen LogP contribution in [-0.2, 0) is 4.79 Å². The fraction of sp³-hybridized carbons (Fsp3) is 0.176. The van der Waals surface area contributed by atoms with Crippen molar-refractivity contribution >= 4 is 32.6 Å². The van der Waals surface area contributed by atoms with Crippen LogP contribution in [0.1, 0.15) is 0 Å². The summed E-state index contributed by atoms with van der Waals surface area (Å²) in [4.78, 5) is 16.5. The molecule has 0 atom stereocenters. The normalized spacial score (nSPS) is 12.8. The Morgan fingerprint density at radius 2 is 2.04 bits per heavy atom. The number of hydrogen-bond donors (Lipinski definition) is 1. The number of carbonyl (C=O) groups excluding carboxylic acids is 1. The molecule has 2 aromatic carbocycles.